The monoisotopic (exact) mass is 406 g/mol. The first-order valence-electron chi connectivity index (χ1n) is 8.15. The van der Waals surface area contributed by atoms with Crippen molar-refractivity contribution < 1.29 is 12.8 Å². The summed E-state index contributed by atoms with van der Waals surface area (Å²) in [5, 5.41) is 3.10. The van der Waals surface area contributed by atoms with Gasteiger partial charge in [0.25, 0.3) is 0 Å². The smallest absolute Gasteiger partial charge is 0.315 e. The summed E-state index contributed by atoms with van der Waals surface area (Å²) in [5.74, 6) is 2.01. The summed E-state index contributed by atoms with van der Waals surface area (Å²) in [6.07, 6.45) is 4.39. The third-order valence-electron chi connectivity index (χ3n) is 4.17. The van der Waals surface area contributed by atoms with Gasteiger partial charge in [0.05, 0.1) is 6.20 Å². The van der Waals surface area contributed by atoms with Crippen molar-refractivity contribution in [3.05, 3.63) is 23.4 Å². The molecular weight excluding hydrogens is 392 g/mol. The van der Waals surface area contributed by atoms with Crippen LogP contribution < -0.4 is 5.32 Å². The lowest BCUT2D eigenvalue weighted by molar-refractivity contribution is 0.459. The fourth-order valence-electron chi connectivity index (χ4n) is 2.62. The van der Waals surface area contributed by atoms with Gasteiger partial charge in [-0.15, -0.1) is 0 Å². The molecule has 2 aliphatic rings. The van der Waals surface area contributed by atoms with E-state index >= 15 is 0 Å². The van der Waals surface area contributed by atoms with E-state index in [0.29, 0.717) is 29.8 Å². The lowest BCUT2D eigenvalue weighted by atomic mass is 10.1. The highest BCUT2D eigenvalue weighted by atomic mass is 35.5. The molecule has 9 nitrogen and oxygen atoms in total. The van der Waals surface area contributed by atoms with Crippen LogP contribution in [0, 0.1) is 5.92 Å². The van der Waals surface area contributed by atoms with Gasteiger partial charge >= 0.3 is 10.0 Å². The predicted octanol–water partition coefficient (Wildman–Crippen LogP) is 2.80. The molecule has 1 aliphatic heterocycles. The van der Waals surface area contributed by atoms with Crippen LogP contribution in [-0.4, -0.2) is 43.3 Å². The van der Waals surface area contributed by atoms with Crippen molar-refractivity contribution in [1.29, 1.82) is 0 Å². The lowest BCUT2D eigenvalue weighted by Crippen LogP contribution is -2.23. The molecule has 1 N–H and O–H groups in total. The highest BCUT2D eigenvalue weighted by Crippen LogP contribution is 2.33. The maximum absolute atomic E-state index is 11.7. The number of rotatable bonds is 5. The minimum Gasteiger partial charge on any atom is -0.439 e. The quantitative estimate of drug-likeness (QED) is 0.761. The van der Waals surface area contributed by atoms with Crippen LogP contribution in [0.5, 0.6) is 0 Å². The number of aliphatic imine (C=N–C) groups is 2. The molecule has 1 saturated carbocycles. The Balaban J connectivity index is 1.57. The molecule has 1 fully saturated rings. The molecule has 0 unspecified atom stereocenters. The molecule has 0 amide bonds. The predicted molar refractivity (Wildman–Crippen MR) is 102 cm³/mol. The summed E-state index contributed by atoms with van der Waals surface area (Å²) in [4.78, 5) is 17.2. The van der Waals surface area contributed by atoms with Gasteiger partial charge in [-0.05, 0) is 30.9 Å². The summed E-state index contributed by atoms with van der Waals surface area (Å²) in [7, 11) is -3.92. The molecule has 27 heavy (non-hydrogen) atoms. The Bertz CT molecular complexity index is 1070. The Morgan fingerprint density at radius 3 is 2.85 bits per heavy atom. The van der Waals surface area contributed by atoms with Crippen molar-refractivity contribution in [2.75, 3.05) is 12.0 Å². The third kappa shape index (κ3) is 3.76. The van der Waals surface area contributed by atoms with Crippen molar-refractivity contribution in [3.63, 3.8) is 0 Å². The van der Waals surface area contributed by atoms with Gasteiger partial charge in [-0.25, -0.2) is 15.0 Å². The van der Waals surface area contributed by atoms with Crippen molar-refractivity contribution in [2.45, 2.75) is 24.4 Å². The fraction of sp³-hybridized carbons (Fsp3) is 0.312. The maximum atomic E-state index is 11.7. The molecule has 0 atom stereocenters. The highest BCUT2D eigenvalue weighted by Gasteiger charge is 2.29. The van der Waals surface area contributed by atoms with Gasteiger partial charge < -0.3 is 9.73 Å². The van der Waals surface area contributed by atoms with E-state index in [0.717, 1.165) is 11.5 Å². The number of hydrogen-bond donors (Lipinski definition) is 1. The first kappa shape index (κ1) is 17.8. The fourth-order valence-corrected chi connectivity index (χ4v) is 3.32. The van der Waals surface area contributed by atoms with E-state index in [9.17, 15) is 8.42 Å². The molecule has 140 valence electrons. The van der Waals surface area contributed by atoms with E-state index < -0.39 is 10.0 Å². The van der Waals surface area contributed by atoms with Gasteiger partial charge in [0.2, 0.25) is 5.09 Å². The number of amidine groups is 1. The molecule has 1 aliphatic carbocycles. The minimum absolute atomic E-state index is 0.169. The Labute approximate surface area is 160 Å². The summed E-state index contributed by atoms with van der Waals surface area (Å²) in [6, 6.07) is 2.72. The second-order valence-electron chi connectivity index (χ2n) is 6.08. The van der Waals surface area contributed by atoms with Crippen LogP contribution in [0.15, 0.2) is 42.2 Å². The minimum atomic E-state index is -3.92. The Kier molecular flexibility index (Phi) is 4.52. The maximum Gasteiger partial charge on any atom is 0.315 e. The second kappa shape index (κ2) is 6.86. The number of nitrogens with zero attached hydrogens (tertiary/aromatic N) is 5. The SMILES string of the molecule is C=NS(=O)(=O)c1ccc(-c2ncc(Cl)c(NC3=NCN=C(C4CC4)C3)n2)o1. The van der Waals surface area contributed by atoms with Crippen molar-refractivity contribution >= 4 is 45.7 Å². The van der Waals surface area contributed by atoms with Gasteiger partial charge in [-0.3, -0.25) is 4.99 Å². The van der Waals surface area contributed by atoms with Crippen LogP contribution >= 0.6 is 11.6 Å². The Hall–Kier alpha value is -2.59. The normalized spacial score (nSPS) is 17.2. The van der Waals surface area contributed by atoms with E-state index in [4.69, 9.17) is 16.0 Å². The van der Waals surface area contributed by atoms with E-state index in [1.165, 1.54) is 31.2 Å². The number of hydrogen-bond acceptors (Lipinski definition) is 8. The van der Waals surface area contributed by atoms with Crippen LogP contribution in [0.4, 0.5) is 5.82 Å². The molecule has 0 aromatic carbocycles. The van der Waals surface area contributed by atoms with Gasteiger partial charge in [0.1, 0.15) is 17.5 Å². The lowest BCUT2D eigenvalue weighted by Gasteiger charge is -2.15. The van der Waals surface area contributed by atoms with Gasteiger partial charge in [-0.2, -0.15) is 12.8 Å². The van der Waals surface area contributed by atoms with Crippen molar-refractivity contribution in [2.24, 2.45) is 20.3 Å². The first-order valence-corrected chi connectivity index (χ1v) is 9.97. The number of nitrogens with one attached hydrogen (secondary N) is 1. The van der Waals surface area contributed by atoms with E-state index in [2.05, 4.69) is 36.4 Å². The molecule has 0 bridgehead atoms. The molecule has 0 saturated heterocycles. The molecule has 4 rings (SSSR count). The molecular formula is C16H15ClN6O3S. The molecule has 2 aromatic heterocycles. The number of furan rings is 1. The molecule has 0 radical (unpaired) electrons. The van der Waals surface area contributed by atoms with Gasteiger partial charge in [-0.1, -0.05) is 11.6 Å². The summed E-state index contributed by atoms with van der Waals surface area (Å²) >= 11 is 6.19. The topological polar surface area (TPSA) is 122 Å². The van der Waals surface area contributed by atoms with Crippen LogP contribution in [-0.2, 0) is 10.0 Å². The Morgan fingerprint density at radius 2 is 2.11 bits per heavy atom. The zero-order valence-electron chi connectivity index (χ0n) is 14.1. The summed E-state index contributed by atoms with van der Waals surface area (Å²) in [5.41, 5.74) is 1.15. The molecule has 0 spiro atoms. The summed E-state index contributed by atoms with van der Waals surface area (Å²) in [6.45, 7) is 3.41. The van der Waals surface area contributed by atoms with Gasteiger partial charge in [0, 0.05) is 18.9 Å². The first-order chi connectivity index (χ1) is 13.0. The number of anilines is 1. The van der Waals surface area contributed by atoms with Crippen LogP contribution in [0.1, 0.15) is 19.3 Å². The zero-order chi connectivity index (χ0) is 19.0. The number of aromatic nitrogens is 2. The van der Waals surface area contributed by atoms with Crippen molar-refractivity contribution in [1.82, 2.24) is 9.97 Å². The Morgan fingerprint density at radius 1 is 1.30 bits per heavy atom. The van der Waals surface area contributed by atoms with Gasteiger partial charge in [0.15, 0.2) is 17.4 Å². The van der Waals surface area contributed by atoms with Crippen molar-refractivity contribution in [3.8, 4) is 11.6 Å². The average molecular weight is 407 g/mol. The molecule has 2 aromatic rings. The largest absolute Gasteiger partial charge is 0.439 e. The number of sulfonamides is 1. The van der Waals surface area contributed by atoms with E-state index in [1.807, 2.05) is 0 Å². The van der Waals surface area contributed by atoms with E-state index in [-0.39, 0.29) is 16.7 Å². The average Bonchev–Trinajstić information content (AvgIpc) is 3.40. The van der Waals surface area contributed by atoms with Crippen LogP contribution in [0.3, 0.4) is 0 Å². The summed E-state index contributed by atoms with van der Waals surface area (Å²) < 4.78 is 31.8. The highest BCUT2D eigenvalue weighted by molar-refractivity contribution is 7.90. The molecule has 3 heterocycles. The molecule has 11 heteroatoms. The second-order valence-corrected chi connectivity index (χ2v) is 8.10. The third-order valence-corrected chi connectivity index (χ3v) is 5.51. The zero-order valence-corrected chi connectivity index (χ0v) is 15.7. The van der Waals surface area contributed by atoms with Crippen LogP contribution in [0.2, 0.25) is 5.02 Å². The number of halogens is 1. The van der Waals surface area contributed by atoms with E-state index in [1.54, 1.807) is 0 Å². The standard InChI is InChI=1S/C16H15ClN6O3S/c1-18-27(24,25)14-5-4-12(26-14)16-19-7-10(17)15(23-16)22-13-6-11(9-2-3-9)20-8-21-13/h4-5,7,9H,1-3,6,8H2,(H,19,21,22,23). The van der Waals surface area contributed by atoms with Crippen LogP contribution in [0.25, 0.3) is 11.6 Å².